The molecule has 0 aliphatic heterocycles. The number of hydrogen-bond donors (Lipinski definition) is 1. The number of nitrogens with one attached hydrogen (secondary N) is 1. The van der Waals surface area contributed by atoms with E-state index in [0.717, 1.165) is 24.1 Å². The van der Waals surface area contributed by atoms with E-state index in [1.54, 1.807) is 42.5 Å². The summed E-state index contributed by atoms with van der Waals surface area (Å²) in [6.07, 6.45) is -3.28. The molecule has 0 radical (unpaired) electrons. The van der Waals surface area contributed by atoms with Crippen molar-refractivity contribution in [2.75, 3.05) is 17.4 Å². The summed E-state index contributed by atoms with van der Waals surface area (Å²) in [5.41, 5.74) is -0.286. The monoisotopic (exact) mass is 763 g/mol. The zero-order valence-corrected chi connectivity index (χ0v) is 29.1. The number of alkyl halides is 3. The molecule has 0 aliphatic rings. The first-order chi connectivity index (χ1) is 22.8. The van der Waals surface area contributed by atoms with Gasteiger partial charge in [-0.15, -0.1) is 0 Å². The smallest absolute Gasteiger partial charge is 0.354 e. The second kappa shape index (κ2) is 16.5. The van der Waals surface area contributed by atoms with Crippen molar-refractivity contribution >= 4 is 55.1 Å². The molecule has 48 heavy (non-hydrogen) atoms. The molecule has 0 spiro atoms. The molecule has 0 fully saturated rings. The number of halogens is 5. The van der Waals surface area contributed by atoms with Crippen LogP contribution in [0.2, 0.25) is 5.02 Å². The normalized spacial score (nSPS) is 12.3. The van der Waals surface area contributed by atoms with E-state index in [4.69, 9.17) is 11.6 Å². The lowest BCUT2D eigenvalue weighted by Crippen LogP contribution is -2.53. The fourth-order valence-corrected chi connectivity index (χ4v) is 7.12. The zero-order chi connectivity index (χ0) is 34.9. The van der Waals surface area contributed by atoms with Gasteiger partial charge in [-0.2, -0.15) is 13.2 Å². The van der Waals surface area contributed by atoms with Crippen molar-refractivity contribution in [2.24, 2.45) is 0 Å². The van der Waals surface area contributed by atoms with E-state index in [9.17, 15) is 31.2 Å². The van der Waals surface area contributed by atoms with E-state index in [1.165, 1.54) is 29.2 Å². The predicted molar refractivity (Wildman–Crippen MR) is 184 cm³/mol. The number of unbranched alkanes of at least 4 members (excludes halogenated alkanes) is 1. The number of anilines is 1. The Morgan fingerprint density at radius 1 is 0.896 bits per heavy atom. The molecule has 2 amide bonds. The van der Waals surface area contributed by atoms with Gasteiger partial charge >= 0.3 is 6.18 Å². The lowest BCUT2D eigenvalue weighted by atomic mass is 10.0. The molecule has 0 saturated carbocycles. The van der Waals surface area contributed by atoms with Gasteiger partial charge in [-0.25, -0.2) is 8.42 Å². The van der Waals surface area contributed by atoms with Gasteiger partial charge < -0.3 is 10.2 Å². The minimum atomic E-state index is -4.90. The minimum absolute atomic E-state index is 0.0926. The lowest BCUT2D eigenvalue weighted by Gasteiger charge is -2.34. The standard InChI is InChI=1S/C35H34BrClF3N3O4S/c1-2-3-19-41-34(45)32(21-25-11-6-4-7-12-25)42(23-26-13-10-14-27(36)20-26)33(44)24-43(48(46,47)29-15-8-5-9-16-29)28-17-18-31(37)30(22-28)35(38,39)40/h4-18,20,22,32H,2-3,19,21,23-24H2,1H3,(H,41,45). The van der Waals surface area contributed by atoms with E-state index >= 15 is 0 Å². The highest BCUT2D eigenvalue weighted by Crippen LogP contribution is 2.38. The van der Waals surface area contributed by atoms with Crippen LogP contribution in [0.5, 0.6) is 0 Å². The summed E-state index contributed by atoms with van der Waals surface area (Å²) in [4.78, 5) is 29.3. The molecule has 0 aromatic heterocycles. The van der Waals surface area contributed by atoms with Gasteiger partial charge in [0.1, 0.15) is 12.6 Å². The number of carbonyl (C=O) groups excluding carboxylic acids is 2. The summed E-state index contributed by atoms with van der Waals surface area (Å²) in [5.74, 6) is -1.25. The van der Waals surface area contributed by atoms with Crippen LogP contribution in [0, 0.1) is 0 Å². The molecule has 4 aromatic carbocycles. The van der Waals surface area contributed by atoms with Gasteiger partial charge in [0.15, 0.2) is 0 Å². The van der Waals surface area contributed by atoms with Crippen LogP contribution in [-0.4, -0.2) is 44.3 Å². The van der Waals surface area contributed by atoms with Gasteiger partial charge in [-0.3, -0.25) is 13.9 Å². The maximum absolute atomic E-state index is 14.5. The average molecular weight is 765 g/mol. The van der Waals surface area contributed by atoms with Crippen molar-refractivity contribution in [3.8, 4) is 0 Å². The molecule has 0 aliphatic carbocycles. The Balaban J connectivity index is 1.84. The number of rotatable bonds is 14. The van der Waals surface area contributed by atoms with Gasteiger partial charge in [0.25, 0.3) is 10.0 Å². The van der Waals surface area contributed by atoms with E-state index in [1.807, 2.05) is 25.1 Å². The Morgan fingerprint density at radius 2 is 1.54 bits per heavy atom. The third kappa shape index (κ3) is 9.61. The fourth-order valence-electron chi connectivity index (χ4n) is 5.03. The first kappa shape index (κ1) is 37.0. The van der Waals surface area contributed by atoms with Crippen LogP contribution < -0.4 is 9.62 Å². The van der Waals surface area contributed by atoms with Crippen LogP contribution in [0.15, 0.2) is 112 Å². The highest BCUT2D eigenvalue weighted by atomic mass is 79.9. The Labute approximate surface area is 291 Å². The molecule has 4 rings (SSSR count). The number of carbonyl (C=O) groups is 2. The van der Waals surface area contributed by atoms with Gasteiger partial charge in [-0.1, -0.05) is 102 Å². The zero-order valence-electron chi connectivity index (χ0n) is 26.0. The van der Waals surface area contributed by atoms with Crippen molar-refractivity contribution in [2.45, 2.75) is 49.8 Å². The SMILES string of the molecule is CCCCNC(=O)C(Cc1ccccc1)N(Cc1cccc(Br)c1)C(=O)CN(c1ccc(Cl)c(C(F)(F)F)c1)S(=O)(=O)c1ccccc1. The first-order valence-corrected chi connectivity index (χ1v) is 17.7. The summed E-state index contributed by atoms with van der Waals surface area (Å²) in [6, 6.07) is 24.8. The fraction of sp³-hybridized carbons (Fsp3) is 0.257. The van der Waals surface area contributed by atoms with Gasteiger partial charge in [0, 0.05) is 24.0 Å². The third-order valence-corrected chi connectivity index (χ3v) is 10.1. The maximum Gasteiger partial charge on any atom is 0.417 e. The number of benzene rings is 4. The molecule has 13 heteroatoms. The summed E-state index contributed by atoms with van der Waals surface area (Å²) < 4.78 is 71.3. The van der Waals surface area contributed by atoms with Gasteiger partial charge in [0.2, 0.25) is 11.8 Å². The second-order valence-corrected chi connectivity index (χ2v) is 14.2. The molecule has 1 atom stereocenters. The number of amides is 2. The molecular weight excluding hydrogens is 731 g/mol. The topological polar surface area (TPSA) is 86.8 Å². The van der Waals surface area contributed by atoms with Gasteiger partial charge in [0.05, 0.1) is 21.2 Å². The molecular formula is C35H34BrClF3N3O4S. The predicted octanol–water partition coefficient (Wildman–Crippen LogP) is 7.87. The molecule has 254 valence electrons. The second-order valence-electron chi connectivity index (χ2n) is 11.0. The number of sulfonamides is 1. The third-order valence-electron chi connectivity index (χ3n) is 7.50. The van der Waals surface area contributed by atoms with E-state index in [-0.39, 0.29) is 17.9 Å². The Kier molecular flexibility index (Phi) is 12.7. The van der Waals surface area contributed by atoms with Crippen LogP contribution in [0.1, 0.15) is 36.5 Å². The quantitative estimate of drug-likeness (QED) is 0.133. The van der Waals surface area contributed by atoms with Crippen molar-refractivity contribution < 1.29 is 31.2 Å². The highest BCUT2D eigenvalue weighted by Gasteiger charge is 2.37. The van der Waals surface area contributed by atoms with Crippen LogP contribution in [0.25, 0.3) is 0 Å². The van der Waals surface area contributed by atoms with Crippen molar-refractivity contribution in [3.63, 3.8) is 0 Å². The summed E-state index contributed by atoms with van der Waals surface area (Å²) in [5, 5.41) is 2.27. The van der Waals surface area contributed by atoms with Crippen molar-refractivity contribution in [1.82, 2.24) is 10.2 Å². The number of nitrogens with zero attached hydrogens (tertiary/aromatic N) is 2. The van der Waals surface area contributed by atoms with Crippen LogP contribution >= 0.6 is 27.5 Å². The maximum atomic E-state index is 14.5. The first-order valence-electron chi connectivity index (χ1n) is 15.1. The Morgan fingerprint density at radius 3 is 2.17 bits per heavy atom. The molecule has 1 N–H and O–H groups in total. The Bertz CT molecular complexity index is 1810. The molecule has 1 unspecified atom stereocenters. The van der Waals surface area contributed by atoms with E-state index in [0.29, 0.717) is 33.4 Å². The largest absolute Gasteiger partial charge is 0.417 e. The van der Waals surface area contributed by atoms with Crippen LogP contribution in [0.4, 0.5) is 18.9 Å². The average Bonchev–Trinajstić information content (AvgIpc) is 3.06. The van der Waals surface area contributed by atoms with E-state index < -0.39 is 56.9 Å². The molecule has 4 aromatic rings. The van der Waals surface area contributed by atoms with Crippen LogP contribution in [0.3, 0.4) is 0 Å². The van der Waals surface area contributed by atoms with Crippen molar-refractivity contribution in [1.29, 1.82) is 0 Å². The molecule has 0 saturated heterocycles. The summed E-state index contributed by atoms with van der Waals surface area (Å²) in [6.45, 7) is 1.33. The van der Waals surface area contributed by atoms with Crippen LogP contribution in [-0.2, 0) is 38.8 Å². The van der Waals surface area contributed by atoms with Crippen molar-refractivity contribution in [3.05, 3.63) is 129 Å². The minimum Gasteiger partial charge on any atom is -0.354 e. The van der Waals surface area contributed by atoms with Gasteiger partial charge in [-0.05, 0) is 60.0 Å². The molecule has 7 nitrogen and oxygen atoms in total. The highest BCUT2D eigenvalue weighted by molar-refractivity contribution is 9.10. The molecule has 0 heterocycles. The molecule has 0 bridgehead atoms. The lowest BCUT2D eigenvalue weighted by molar-refractivity contribution is -0.140. The summed E-state index contributed by atoms with van der Waals surface area (Å²) in [7, 11) is -4.59. The number of hydrogen-bond acceptors (Lipinski definition) is 4. The van der Waals surface area contributed by atoms with E-state index in [2.05, 4.69) is 21.2 Å². The Hall–Kier alpha value is -3.87. The summed E-state index contributed by atoms with van der Waals surface area (Å²) >= 11 is 9.30.